The van der Waals surface area contributed by atoms with Crippen LogP contribution >= 0.6 is 15.9 Å². The molecular formula is C19H29BrO3Si. The number of rotatable bonds is 7. The number of allylic oxidation sites excluding steroid dienone is 1. The van der Waals surface area contributed by atoms with Gasteiger partial charge in [0.15, 0.2) is 14.1 Å². The molecule has 0 aliphatic carbocycles. The van der Waals surface area contributed by atoms with Gasteiger partial charge in [-0.15, -0.1) is 0 Å². The molecule has 3 nitrogen and oxygen atoms in total. The highest BCUT2D eigenvalue weighted by atomic mass is 79.9. The summed E-state index contributed by atoms with van der Waals surface area (Å²) in [4.78, 5) is 12.4. The van der Waals surface area contributed by atoms with Gasteiger partial charge < -0.3 is 9.16 Å². The molecule has 0 heterocycles. The molecule has 0 saturated heterocycles. The van der Waals surface area contributed by atoms with Crippen LogP contribution in [-0.2, 0) is 15.8 Å². The highest BCUT2D eigenvalue weighted by Gasteiger charge is 2.37. The molecule has 1 aromatic carbocycles. The van der Waals surface area contributed by atoms with Gasteiger partial charge in [-0.25, -0.2) is 0 Å². The number of halogens is 1. The summed E-state index contributed by atoms with van der Waals surface area (Å²) in [6.45, 7) is 14.0. The van der Waals surface area contributed by atoms with Crippen molar-refractivity contribution in [1.82, 2.24) is 0 Å². The van der Waals surface area contributed by atoms with Crippen molar-refractivity contribution in [2.75, 3.05) is 13.7 Å². The van der Waals surface area contributed by atoms with Crippen LogP contribution in [0.25, 0.3) is 0 Å². The molecule has 1 rings (SSSR count). The molecule has 0 aromatic heterocycles. The van der Waals surface area contributed by atoms with Crippen LogP contribution in [-0.4, -0.2) is 27.8 Å². The molecule has 0 N–H and O–H groups in total. The Morgan fingerprint density at radius 1 is 1.29 bits per heavy atom. The number of ketones is 1. The second kappa shape index (κ2) is 8.56. The third-order valence-corrected chi connectivity index (χ3v) is 9.73. The lowest BCUT2D eigenvalue weighted by atomic mass is 10.1. The number of methoxy groups -OCH3 is 1. The van der Waals surface area contributed by atoms with Gasteiger partial charge in [-0.3, -0.25) is 4.79 Å². The molecule has 24 heavy (non-hydrogen) atoms. The van der Waals surface area contributed by atoms with Crippen LogP contribution in [0.3, 0.4) is 0 Å². The molecular weight excluding hydrogens is 384 g/mol. The van der Waals surface area contributed by atoms with E-state index in [4.69, 9.17) is 9.16 Å². The van der Waals surface area contributed by atoms with E-state index in [0.717, 1.165) is 15.6 Å². The Hall–Kier alpha value is -0.753. The maximum Gasteiger partial charge on any atom is 0.192 e. The lowest BCUT2D eigenvalue weighted by molar-refractivity contribution is 0.104. The molecule has 0 amide bonds. The normalized spacial score (nSPS) is 13.2. The van der Waals surface area contributed by atoms with Crippen LogP contribution in [0.1, 0.15) is 43.6 Å². The number of hydrogen-bond donors (Lipinski definition) is 0. The van der Waals surface area contributed by atoms with Crippen molar-refractivity contribution in [3.63, 3.8) is 0 Å². The summed E-state index contributed by atoms with van der Waals surface area (Å²) < 4.78 is 12.3. The van der Waals surface area contributed by atoms with E-state index in [2.05, 4.69) is 49.8 Å². The summed E-state index contributed by atoms with van der Waals surface area (Å²) in [6, 6.07) is 5.66. The first kappa shape index (κ1) is 21.3. The fraction of sp³-hybridized carbons (Fsp3) is 0.526. The van der Waals surface area contributed by atoms with Crippen LogP contribution in [0.4, 0.5) is 0 Å². The Bertz CT molecular complexity index is 616. The molecule has 0 fully saturated rings. The van der Waals surface area contributed by atoms with Gasteiger partial charge in [0.25, 0.3) is 0 Å². The van der Waals surface area contributed by atoms with Gasteiger partial charge in [-0.05, 0) is 60.5 Å². The lowest BCUT2D eigenvalue weighted by Gasteiger charge is -2.36. The maximum absolute atomic E-state index is 12.4. The molecule has 1 aromatic rings. The molecule has 0 aliphatic rings. The van der Waals surface area contributed by atoms with E-state index in [1.165, 1.54) is 0 Å². The summed E-state index contributed by atoms with van der Waals surface area (Å²) in [5, 5.41) is 0.160. The minimum Gasteiger partial charge on any atom is -0.413 e. The lowest BCUT2D eigenvalue weighted by Crippen LogP contribution is -2.40. The highest BCUT2D eigenvalue weighted by Crippen LogP contribution is 2.37. The van der Waals surface area contributed by atoms with Crippen LogP contribution in [0, 0.1) is 0 Å². The van der Waals surface area contributed by atoms with E-state index in [9.17, 15) is 4.79 Å². The average Bonchev–Trinajstić information content (AvgIpc) is 2.45. The van der Waals surface area contributed by atoms with Crippen LogP contribution < -0.4 is 0 Å². The molecule has 134 valence electrons. The van der Waals surface area contributed by atoms with Crippen molar-refractivity contribution >= 4 is 30.0 Å². The monoisotopic (exact) mass is 412 g/mol. The summed E-state index contributed by atoms with van der Waals surface area (Å²) in [5.74, 6) is -0.00868. The molecule has 0 radical (unpaired) electrons. The van der Waals surface area contributed by atoms with Crippen LogP contribution in [0.15, 0.2) is 34.3 Å². The van der Waals surface area contributed by atoms with Gasteiger partial charge in [0.2, 0.25) is 0 Å². The second-order valence-corrected chi connectivity index (χ2v) is 13.3. The van der Waals surface area contributed by atoms with Crippen molar-refractivity contribution in [1.29, 1.82) is 0 Å². The van der Waals surface area contributed by atoms with E-state index in [1.54, 1.807) is 13.2 Å². The predicted molar refractivity (Wildman–Crippen MR) is 106 cm³/mol. The largest absolute Gasteiger partial charge is 0.413 e. The van der Waals surface area contributed by atoms with Gasteiger partial charge in [0.05, 0.1) is 13.2 Å². The average molecular weight is 413 g/mol. The van der Waals surface area contributed by atoms with Gasteiger partial charge in [0, 0.05) is 17.1 Å². The Morgan fingerprint density at radius 2 is 1.92 bits per heavy atom. The first-order valence-electron chi connectivity index (χ1n) is 8.11. The molecule has 0 atom stereocenters. The van der Waals surface area contributed by atoms with E-state index < -0.39 is 8.32 Å². The van der Waals surface area contributed by atoms with E-state index in [0.29, 0.717) is 18.8 Å². The van der Waals surface area contributed by atoms with E-state index in [-0.39, 0.29) is 10.8 Å². The number of ether oxygens (including phenoxy) is 1. The zero-order valence-electron chi connectivity index (χ0n) is 15.8. The molecule has 0 spiro atoms. The highest BCUT2D eigenvalue weighted by molar-refractivity contribution is 9.10. The van der Waals surface area contributed by atoms with Crippen molar-refractivity contribution in [2.24, 2.45) is 0 Å². The zero-order chi connectivity index (χ0) is 18.5. The van der Waals surface area contributed by atoms with E-state index in [1.807, 2.05) is 25.1 Å². The van der Waals surface area contributed by atoms with Crippen molar-refractivity contribution in [2.45, 2.75) is 52.4 Å². The fourth-order valence-electron chi connectivity index (χ4n) is 1.89. The Labute approximate surface area is 155 Å². The number of carbonyl (C=O) groups is 1. The number of carbonyl (C=O) groups excluding carboxylic acids is 1. The smallest absolute Gasteiger partial charge is 0.192 e. The second-order valence-electron chi connectivity index (χ2n) is 7.64. The maximum atomic E-state index is 12.4. The zero-order valence-corrected chi connectivity index (χ0v) is 18.4. The first-order chi connectivity index (χ1) is 11.0. The van der Waals surface area contributed by atoms with Gasteiger partial charge >= 0.3 is 0 Å². The topological polar surface area (TPSA) is 35.5 Å². The molecule has 0 aliphatic heterocycles. The fourth-order valence-corrected chi connectivity index (χ4v) is 3.20. The summed E-state index contributed by atoms with van der Waals surface area (Å²) in [7, 11) is -0.204. The summed E-state index contributed by atoms with van der Waals surface area (Å²) >= 11 is 3.56. The van der Waals surface area contributed by atoms with Gasteiger partial charge in [-0.1, -0.05) is 36.7 Å². The standard InChI is InChI=1S/C19H29BrO3Si/c1-14(12-22-5)10-18(21)15-8-9-17(20)16(11-15)13-23-24(6,7)19(2,3)4/h8-11H,12-13H2,1-7H3/b14-10+. The van der Waals surface area contributed by atoms with Crippen molar-refractivity contribution < 1.29 is 14.0 Å². The quantitative estimate of drug-likeness (QED) is 0.325. The Balaban J connectivity index is 2.95. The minimum atomic E-state index is -1.83. The van der Waals surface area contributed by atoms with Crippen LogP contribution in [0.2, 0.25) is 18.1 Å². The van der Waals surface area contributed by atoms with Gasteiger partial charge in [-0.2, -0.15) is 0 Å². The Morgan fingerprint density at radius 3 is 2.46 bits per heavy atom. The minimum absolute atomic E-state index is 0.00868. The molecule has 0 saturated carbocycles. The predicted octanol–water partition coefficient (Wildman–Crippen LogP) is 5.75. The molecule has 0 unspecified atom stereocenters. The number of benzene rings is 1. The van der Waals surface area contributed by atoms with Crippen molar-refractivity contribution in [3.05, 3.63) is 45.4 Å². The van der Waals surface area contributed by atoms with Crippen molar-refractivity contribution in [3.8, 4) is 0 Å². The molecule has 5 heteroatoms. The number of hydrogen-bond acceptors (Lipinski definition) is 3. The molecule has 0 bridgehead atoms. The third kappa shape index (κ3) is 5.95. The Kier molecular flexibility index (Phi) is 7.60. The third-order valence-electron chi connectivity index (χ3n) is 4.47. The summed E-state index contributed by atoms with van der Waals surface area (Å²) in [5.41, 5.74) is 2.58. The van der Waals surface area contributed by atoms with E-state index >= 15 is 0 Å². The van der Waals surface area contributed by atoms with Gasteiger partial charge in [0.1, 0.15) is 0 Å². The summed E-state index contributed by atoms with van der Waals surface area (Å²) in [6.07, 6.45) is 1.63. The first-order valence-corrected chi connectivity index (χ1v) is 11.8. The van der Waals surface area contributed by atoms with Crippen LogP contribution in [0.5, 0.6) is 0 Å². The SMILES string of the molecule is COC/C(C)=C/C(=O)c1ccc(Br)c(CO[Si](C)(C)C(C)(C)C)c1.